The van der Waals surface area contributed by atoms with Crippen LogP contribution in [0.3, 0.4) is 0 Å². The largest absolute Gasteiger partial charge is 0.481 e. The molecule has 1 aliphatic heterocycles. The summed E-state index contributed by atoms with van der Waals surface area (Å²) in [5, 5.41) is 4.48. The molecule has 0 aliphatic carbocycles. The number of ether oxygens (including phenoxy) is 1. The van der Waals surface area contributed by atoms with Crippen molar-refractivity contribution in [3.05, 3.63) is 41.3 Å². The number of nitrogens with zero attached hydrogens (tertiary/aromatic N) is 5. The summed E-state index contributed by atoms with van der Waals surface area (Å²) in [7, 11) is 3.65. The van der Waals surface area contributed by atoms with Crippen molar-refractivity contribution in [3.63, 3.8) is 0 Å². The lowest BCUT2D eigenvalue weighted by atomic mass is 10.1. The van der Waals surface area contributed by atoms with Crippen molar-refractivity contribution >= 4 is 0 Å². The molecule has 6 nitrogen and oxygen atoms in total. The first-order valence-electron chi connectivity index (χ1n) is 8.54. The Balaban J connectivity index is 1.60. The maximum atomic E-state index is 5.51. The van der Waals surface area contributed by atoms with Crippen molar-refractivity contribution in [2.24, 2.45) is 7.05 Å². The van der Waals surface area contributed by atoms with E-state index in [0.29, 0.717) is 6.04 Å². The van der Waals surface area contributed by atoms with Gasteiger partial charge in [-0.05, 0) is 26.0 Å². The minimum absolute atomic E-state index is 0.364. The summed E-state index contributed by atoms with van der Waals surface area (Å²) >= 11 is 0. The molecule has 0 spiro atoms. The Morgan fingerprint density at radius 3 is 2.58 bits per heavy atom. The average Bonchev–Trinajstić information content (AvgIpc) is 2.88. The van der Waals surface area contributed by atoms with Gasteiger partial charge in [-0.25, -0.2) is 4.68 Å². The van der Waals surface area contributed by atoms with E-state index in [-0.39, 0.29) is 0 Å². The number of hydrogen-bond acceptors (Lipinski definition) is 5. The lowest BCUT2D eigenvalue weighted by molar-refractivity contribution is 0.0957. The van der Waals surface area contributed by atoms with E-state index < -0.39 is 0 Å². The standard InChI is InChI=1S/C18H27N5O/c1-14-16(18(24-4)21(3)20-14)13-22-9-11-23(12-10-22)15(2)17-7-5-6-8-19-17/h5-8,15H,9-13H2,1-4H3/t15-/m0/s1. The first kappa shape index (κ1) is 16.9. The molecular weight excluding hydrogens is 302 g/mol. The van der Waals surface area contributed by atoms with E-state index in [1.807, 2.05) is 24.0 Å². The second kappa shape index (κ2) is 7.32. The minimum Gasteiger partial charge on any atom is -0.481 e. The van der Waals surface area contributed by atoms with Gasteiger partial charge in [-0.3, -0.25) is 14.8 Å². The van der Waals surface area contributed by atoms with Gasteiger partial charge < -0.3 is 4.74 Å². The van der Waals surface area contributed by atoms with Gasteiger partial charge in [0.15, 0.2) is 0 Å². The Labute approximate surface area is 144 Å². The number of aromatic nitrogens is 3. The maximum absolute atomic E-state index is 5.51. The van der Waals surface area contributed by atoms with Gasteiger partial charge in [0.05, 0.1) is 24.1 Å². The van der Waals surface area contributed by atoms with Crippen molar-refractivity contribution in [1.82, 2.24) is 24.6 Å². The topological polar surface area (TPSA) is 46.4 Å². The molecule has 3 rings (SSSR count). The van der Waals surface area contributed by atoms with E-state index in [9.17, 15) is 0 Å². The van der Waals surface area contributed by atoms with E-state index in [0.717, 1.165) is 50.0 Å². The Morgan fingerprint density at radius 1 is 1.21 bits per heavy atom. The van der Waals surface area contributed by atoms with Crippen LogP contribution in [0, 0.1) is 6.92 Å². The predicted octanol–water partition coefficient (Wildman–Crippen LogP) is 2.01. The van der Waals surface area contributed by atoms with Gasteiger partial charge in [0.1, 0.15) is 0 Å². The molecule has 0 saturated carbocycles. The zero-order valence-electron chi connectivity index (χ0n) is 15.1. The van der Waals surface area contributed by atoms with Crippen molar-refractivity contribution < 1.29 is 4.74 Å². The summed E-state index contributed by atoms with van der Waals surface area (Å²) in [6.45, 7) is 9.40. The van der Waals surface area contributed by atoms with Gasteiger partial charge in [0, 0.05) is 52.0 Å². The molecule has 0 unspecified atom stereocenters. The van der Waals surface area contributed by atoms with Crippen molar-refractivity contribution in [3.8, 4) is 5.88 Å². The molecule has 2 aromatic heterocycles. The van der Waals surface area contributed by atoms with Crippen LogP contribution in [-0.2, 0) is 13.6 Å². The first-order chi connectivity index (χ1) is 11.6. The molecule has 0 bridgehead atoms. The molecular formula is C18H27N5O. The number of hydrogen-bond donors (Lipinski definition) is 0. The minimum atomic E-state index is 0.364. The van der Waals surface area contributed by atoms with E-state index in [2.05, 4.69) is 45.9 Å². The zero-order valence-corrected chi connectivity index (χ0v) is 15.1. The Morgan fingerprint density at radius 2 is 1.96 bits per heavy atom. The molecule has 3 heterocycles. The summed E-state index contributed by atoms with van der Waals surface area (Å²) in [6.07, 6.45) is 1.87. The number of piperazine rings is 1. The van der Waals surface area contributed by atoms with Gasteiger partial charge in [-0.15, -0.1) is 0 Å². The molecule has 6 heteroatoms. The molecule has 0 aromatic carbocycles. The van der Waals surface area contributed by atoms with Gasteiger partial charge in [-0.1, -0.05) is 6.07 Å². The third kappa shape index (κ3) is 3.44. The Kier molecular flexibility index (Phi) is 5.16. The summed E-state index contributed by atoms with van der Waals surface area (Å²) in [4.78, 5) is 9.48. The van der Waals surface area contributed by atoms with Crippen molar-refractivity contribution in [2.45, 2.75) is 26.4 Å². The summed E-state index contributed by atoms with van der Waals surface area (Å²) < 4.78 is 7.33. The summed E-state index contributed by atoms with van der Waals surface area (Å²) in [5.74, 6) is 0.872. The highest BCUT2D eigenvalue weighted by molar-refractivity contribution is 5.30. The number of pyridine rings is 1. The lowest BCUT2D eigenvalue weighted by Crippen LogP contribution is -2.46. The van der Waals surface area contributed by atoms with Crippen molar-refractivity contribution in [1.29, 1.82) is 0 Å². The van der Waals surface area contributed by atoms with Crippen LogP contribution in [0.2, 0.25) is 0 Å². The highest BCUT2D eigenvalue weighted by Crippen LogP contribution is 2.25. The third-order valence-corrected chi connectivity index (χ3v) is 4.93. The van der Waals surface area contributed by atoms with Crippen LogP contribution in [0.15, 0.2) is 24.4 Å². The zero-order chi connectivity index (χ0) is 17.1. The van der Waals surface area contributed by atoms with Crippen LogP contribution >= 0.6 is 0 Å². The number of methoxy groups -OCH3 is 1. The predicted molar refractivity (Wildman–Crippen MR) is 94.0 cm³/mol. The molecule has 130 valence electrons. The van der Waals surface area contributed by atoms with E-state index in [1.54, 1.807) is 7.11 Å². The van der Waals surface area contributed by atoms with E-state index in [4.69, 9.17) is 4.74 Å². The fourth-order valence-electron chi connectivity index (χ4n) is 3.46. The Bertz CT molecular complexity index is 662. The molecule has 24 heavy (non-hydrogen) atoms. The van der Waals surface area contributed by atoms with Gasteiger partial charge in [0.2, 0.25) is 5.88 Å². The molecule has 0 amide bonds. The average molecular weight is 329 g/mol. The van der Waals surface area contributed by atoms with Crippen LogP contribution in [0.5, 0.6) is 5.88 Å². The monoisotopic (exact) mass is 329 g/mol. The smallest absolute Gasteiger partial charge is 0.216 e. The second-order valence-electron chi connectivity index (χ2n) is 6.44. The Hall–Kier alpha value is -1.92. The maximum Gasteiger partial charge on any atom is 0.216 e. The van der Waals surface area contributed by atoms with Gasteiger partial charge in [0.25, 0.3) is 0 Å². The SMILES string of the molecule is COc1c(CN2CCN([C@@H](C)c3ccccn3)CC2)c(C)nn1C. The molecule has 0 N–H and O–H groups in total. The lowest BCUT2D eigenvalue weighted by Gasteiger charge is -2.37. The number of aryl methyl sites for hydroxylation is 2. The van der Waals surface area contributed by atoms with Gasteiger partial charge in [-0.2, -0.15) is 5.10 Å². The van der Waals surface area contributed by atoms with Crippen LogP contribution < -0.4 is 4.74 Å². The quantitative estimate of drug-likeness (QED) is 0.840. The third-order valence-electron chi connectivity index (χ3n) is 4.93. The highest BCUT2D eigenvalue weighted by Gasteiger charge is 2.24. The molecule has 1 aliphatic rings. The molecule has 0 radical (unpaired) electrons. The van der Waals surface area contributed by atoms with Crippen LogP contribution in [0.25, 0.3) is 0 Å². The van der Waals surface area contributed by atoms with E-state index >= 15 is 0 Å². The summed E-state index contributed by atoms with van der Waals surface area (Å²) in [5.41, 5.74) is 3.40. The highest BCUT2D eigenvalue weighted by atomic mass is 16.5. The molecule has 1 fully saturated rings. The molecule has 1 saturated heterocycles. The fraction of sp³-hybridized carbons (Fsp3) is 0.556. The molecule has 1 atom stereocenters. The van der Waals surface area contributed by atoms with E-state index in [1.165, 1.54) is 5.56 Å². The van der Waals surface area contributed by atoms with Gasteiger partial charge >= 0.3 is 0 Å². The number of rotatable bonds is 5. The second-order valence-corrected chi connectivity index (χ2v) is 6.44. The van der Waals surface area contributed by atoms with Crippen LogP contribution in [0.1, 0.15) is 29.9 Å². The normalized spacial score (nSPS) is 17.8. The van der Waals surface area contributed by atoms with Crippen LogP contribution in [0.4, 0.5) is 0 Å². The first-order valence-corrected chi connectivity index (χ1v) is 8.54. The molecule has 2 aromatic rings. The summed E-state index contributed by atoms with van der Waals surface area (Å²) in [6, 6.07) is 6.51. The fourth-order valence-corrected chi connectivity index (χ4v) is 3.46. The van der Waals surface area contributed by atoms with Crippen LogP contribution in [-0.4, -0.2) is 57.9 Å². The van der Waals surface area contributed by atoms with Crippen molar-refractivity contribution in [2.75, 3.05) is 33.3 Å².